The van der Waals surface area contributed by atoms with Crippen molar-refractivity contribution in [1.29, 1.82) is 0 Å². The van der Waals surface area contributed by atoms with E-state index in [-0.39, 0.29) is 36.9 Å². The Labute approximate surface area is 181 Å². The molecule has 10 heteroatoms. The molecule has 31 heavy (non-hydrogen) atoms. The summed E-state index contributed by atoms with van der Waals surface area (Å²) >= 11 is 0. The fourth-order valence-electron chi connectivity index (χ4n) is 3.54. The predicted octanol–water partition coefficient (Wildman–Crippen LogP) is 1.03. The highest BCUT2D eigenvalue weighted by Crippen LogP contribution is 2.35. The van der Waals surface area contributed by atoms with Gasteiger partial charge in [-0.05, 0) is 55.7 Å². The van der Waals surface area contributed by atoms with Crippen molar-refractivity contribution in [2.24, 2.45) is 12.8 Å². The van der Waals surface area contributed by atoms with Gasteiger partial charge in [0, 0.05) is 33.0 Å². The van der Waals surface area contributed by atoms with Gasteiger partial charge in [0.05, 0.1) is 11.5 Å². The standard InChI is InChI=1S/C21H27N3O6S/c1-24-12-2-4-18(24)19(25)23-11-3-13-30-16-5-7-17(8-6-16)31(27,28)21(20(22)26)9-14-29-15-10-21/h2,4-8,12H,3,9-11,13-15H2,1H3,(H2,22,26)(H,23,25). The zero-order valence-corrected chi connectivity index (χ0v) is 18.2. The van der Waals surface area contributed by atoms with Gasteiger partial charge in [-0.25, -0.2) is 8.42 Å². The first-order chi connectivity index (χ1) is 14.8. The smallest absolute Gasteiger partial charge is 0.267 e. The second-order valence-corrected chi connectivity index (χ2v) is 9.67. The fraction of sp³-hybridized carbons (Fsp3) is 0.429. The maximum atomic E-state index is 13.1. The number of hydrogen-bond acceptors (Lipinski definition) is 6. The van der Waals surface area contributed by atoms with Gasteiger partial charge in [0.1, 0.15) is 11.4 Å². The summed E-state index contributed by atoms with van der Waals surface area (Å²) in [6.45, 7) is 1.13. The topological polar surface area (TPSA) is 130 Å². The lowest BCUT2D eigenvalue weighted by Crippen LogP contribution is -2.53. The Bertz CT molecular complexity index is 1020. The van der Waals surface area contributed by atoms with Crippen molar-refractivity contribution < 1.29 is 27.5 Å². The minimum Gasteiger partial charge on any atom is -0.494 e. The van der Waals surface area contributed by atoms with Crippen molar-refractivity contribution in [2.75, 3.05) is 26.4 Å². The lowest BCUT2D eigenvalue weighted by Gasteiger charge is -2.33. The zero-order valence-electron chi connectivity index (χ0n) is 17.4. The Morgan fingerprint density at radius 2 is 1.87 bits per heavy atom. The summed E-state index contributed by atoms with van der Waals surface area (Å²) in [7, 11) is -2.16. The third-order valence-corrected chi connectivity index (χ3v) is 7.98. The fourth-order valence-corrected chi connectivity index (χ4v) is 5.46. The number of nitrogens with zero attached hydrogens (tertiary/aromatic N) is 1. The summed E-state index contributed by atoms with van der Waals surface area (Å²) in [4.78, 5) is 24.1. The van der Waals surface area contributed by atoms with Crippen LogP contribution in [0, 0.1) is 0 Å². The lowest BCUT2D eigenvalue weighted by atomic mass is 9.98. The Morgan fingerprint density at radius 3 is 2.45 bits per heavy atom. The molecule has 0 radical (unpaired) electrons. The number of rotatable bonds is 9. The molecule has 1 fully saturated rings. The van der Waals surface area contributed by atoms with Crippen LogP contribution < -0.4 is 15.8 Å². The maximum absolute atomic E-state index is 13.1. The van der Waals surface area contributed by atoms with Crippen molar-refractivity contribution in [3.05, 3.63) is 48.3 Å². The van der Waals surface area contributed by atoms with Crippen LogP contribution >= 0.6 is 0 Å². The molecule has 2 amide bonds. The number of primary amides is 1. The van der Waals surface area contributed by atoms with E-state index in [0.29, 0.717) is 31.0 Å². The van der Waals surface area contributed by atoms with Crippen molar-refractivity contribution >= 4 is 21.7 Å². The van der Waals surface area contributed by atoms with E-state index < -0.39 is 20.5 Å². The van der Waals surface area contributed by atoms with E-state index in [0.717, 1.165) is 0 Å². The molecule has 0 unspecified atom stereocenters. The number of amides is 2. The van der Waals surface area contributed by atoms with Gasteiger partial charge in [-0.1, -0.05) is 0 Å². The van der Waals surface area contributed by atoms with Crippen LogP contribution in [0.1, 0.15) is 29.8 Å². The van der Waals surface area contributed by atoms with Crippen molar-refractivity contribution in [3.63, 3.8) is 0 Å². The number of carbonyl (C=O) groups is 2. The van der Waals surface area contributed by atoms with Crippen LogP contribution in [0.4, 0.5) is 0 Å². The Kier molecular flexibility index (Phi) is 7.01. The largest absolute Gasteiger partial charge is 0.494 e. The van der Waals surface area contributed by atoms with Crippen LogP contribution in [-0.2, 0) is 26.4 Å². The van der Waals surface area contributed by atoms with E-state index in [9.17, 15) is 18.0 Å². The van der Waals surface area contributed by atoms with Gasteiger partial charge < -0.3 is 25.1 Å². The number of nitrogens with one attached hydrogen (secondary N) is 1. The normalized spacial score (nSPS) is 15.9. The highest BCUT2D eigenvalue weighted by atomic mass is 32.2. The number of aromatic nitrogens is 1. The zero-order chi connectivity index (χ0) is 22.5. The minimum absolute atomic E-state index is 0.0235. The summed E-state index contributed by atoms with van der Waals surface area (Å²) in [6.07, 6.45) is 2.46. The number of nitrogens with two attached hydrogens (primary N) is 1. The van der Waals surface area contributed by atoms with Crippen LogP contribution in [0.5, 0.6) is 5.75 Å². The third kappa shape index (κ3) is 4.75. The van der Waals surface area contributed by atoms with E-state index in [1.54, 1.807) is 42.1 Å². The van der Waals surface area contributed by atoms with E-state index in [1.165, 1.54) is 12.1 Å². The Balaban J connectivity index is 1.53. The molecule has 168 valence electrons. The first kappa shape index (κ1) is 22.8. The van der Waals surface area contributed by atoms with Crippen molar-refractivity contribution in [1.82, 2.24) is 9.88 Å². The van der Waals surface area contributed by atoms with Gasteiger partial charge in [0.15, 0.2) is 14.6 Å². The van der Waals surface area contributed by atoms with Gasteiger partial charge in [-0.15, -0.1) is 0 Å². The maximum Gasteiger partial charge on any atom is 0.267 e. The molecule has 0 saturated carbocycles. The van der Waals surface area contributed by atoms with Gasteiger partial charge in [0.25, 0.3) is 5.91 Å². The van der Waals surface area contributed by atoms with E-state index in [1.807, 2.05) is 0 Å². The van der Waals surface area contributed by atoms with Gasteiger partial charge >= 0.3 is 0 Å². The molecule has 1 aromatic heterocycles. The molecule has 3 N–H and O–H groups in total. The van der Waals surface area contributed by atoms with Crippen LogP contribution in [0.3, 0.4) is 0 Å². The molecule has 0 spiro atoms. The van der Waals surface area contributed by atoms with Crippen molar-refractivity contribution in [3.8, 4) is 5.75 Å². The minimum atomic E-state index is -3.96. The number of benzene rings is 1. The second-order valence-electron chi connectivity index (χ2n) is 7.41. The van der Waals surface area contributed by atoms with Crippen LogP contribution in [-0.4, -0.2) is 55.9 Å². The first-order valence-corrected chi connectivity index (χ1v) is 11.5. The van der Waals surface area contributed by atoms with E-state index in [2.05, 4.69) is 5.32 Å². The SMILES string of the molecule is Cn1cccc1C(=O)NCCCOc1ccc(S(=O)(=O)C2(C(N)=O)CCOCC2)cc1. The molecule has 0 aliphatic carbocycles. The van der Waals surface area contributed by atoms with Gasteiger partial charge in [-0.3, -0.25) is 9.59 Å². The second kappa shape index (κ2) is 9.52. The quantitative estimate of drug-likeness (QED) is 0.550. The molecule has 2 aromatic rings. The summed E-state index contributed by atoms with van der Waals surface area (Å²) < 4.78 is 37.1. The highest BCUT2D eigenvalue weighted by Gasteiger charge is 2.51. The molecule has 1 aromatic carbocycles. The van der Waals surface area contributed by atoms with E-state index in [4.69, 9.17) is 15.2 Å². The first-order valence-electron chi connectivity index (χ1n) is 10.0. The average molecular weight is 450 g/mol. The molecular formula is C21H27N3O6S. The van der Waals surface area contributed by atoms with Gasteiger partial charge in [-0.2, -0.15) is 0 Å². The molecule has 1 saturated heterocycles. The van der Waals surface area contributed by atoms with Gasteiger partial charge in [0.2, 0.25) is 5.91 Å². The molecule has 3 rings (SSSR count). The molecule has 1 aliphatic rings. The molecule has 9 nitrogen and oxygen atoms in total. The number of carbonyl (C=O) groups excluding carboxylic acids is 2. The Hall–Kier alpha value is -2.85. The molecule has 0 bridgehead atoms. The van der Waals surface area contributed by atoms with Crippen LogP contribution in [0.25, 0.3) is 0 Å². The number of hydrogen-bond donors (Lipinski definition) is 2. The third-order valence-electron chi connectivity index (χ3n) is 5.45. The van der Waals surface area contributed by atoms with Crippen LogP contribution in [0.15, 0.2) is 47.5 Å². The number of aryl methyl sites for hydroxylation is 1. The Morgan fingerprint density at radius 1 is 1.19 bits per heavy atom. The summed E-state index contributed by atoms with van der Waals surface area (Å²) in [5.41, 5.74) is 6.06. The molecule has 2 heterocycles. The summed E-state index contributed by atoms with van der Waals surface area (Å²) in [6, 6.07) is 9.47. The van der Waals surface area contributed by atoms with E-state index >= 15 is 0 Å². The predicted molar refractivity (Wildman–Crippen MR) is 113 cm³/mol. The lowest BCUT2D eigenvalue weighted by molar-refractivity contribution is -0.122. The average Bonchev–Trinajstić information content (AvgIpc) is 3.20. The summed E-state index contributed by atoms with van der Waals surface area (Å²) in [5.74, 6) is -0.514. The number of sulfone groups is 1. The molecule has 1 aliphatic heterocycles. The summed E-state index contributed by atoms with van der Waals surface area (Å²) in [5, 5.41) is 2.82. The highest BCUT2D eigenvalue weighted by molar-refractivity contribution is 7.93. The van der Waals surface area contributed by atoms with Crippen LogP contribution in [0.2, 0.25) is 0 Å². The molecule has 0 atom stereocenters. The molecular weight excluding hydrogens is 422 g/mol. The number of ether oxygens (including phenoxy) is 2. The monoisotopic (exact) mass is 449 g/mol. The van der Waals surface area contributed by atoms with Crippen molar-refractivity contribution in [2.45, 2.75) is 28.9 Å².